The van der Waals surface area contributed by atoms with Gasteiger partial charge in [-0.3, -0.25) is 4.79 Å². The van der Waals surface area contributed by atoms with E-state index in [4.69, 9.17) is 0 Å². The molecule has 4 rings (SSSR count). The molecule has 4 aromatic rings. The molecule has 0 aliphatic carbocycles. The summed E-state index contributed by atoms with van der Waals surface area (Å²) in [6.45, 7) is 2.10. The Morgan fingerprint density at radius 2 is 1.89 bits per heavy atom. The molecule has 8 heteroatoms. The Morgan fingerprint density at radius 3 is 2.57 bits per heavy atom. The number of nitrogens with zero attached hydrogens (tertiary/aromatic N) is 4. The van der Waals surface area contributed by atoms with Gasteiger partial charge < -0.3 is 14.7 Å². The average molecular weight is 394 g/mol. The molecule has 0 fully saturated rings. The molecule has 0 bridgehead atoms. The molecule has 28 heavy (non-hydrogen) atoms. The highest BCUT2D eigenvalue weighted by Gasteiger charge is 2.25. The average Bonchev–Trinajstić information content (AvgIpc) is 3.29. The molecule has 0 amide bonds. The van der Waals surface area contributed by atoms with E-state index in [1.165, 1.54) is 16.0 Å². The van der Waals surface area contributed by atoms with Crippen LogP contribution in [0, 0.1) is 10.1 Å². The van der Waals surface area contributed by atoms with Crippen LogP contribution in [0.3, 0.4) is 0 Å². The fraction of sp³-hybridized carbons (Fsp3) is 0.200. The molecule has 0 radical (unpaired) electrons. The van der Waals surface area contributed by atoms with Gasteiger partial charge in [0.2, 0.25) is 0 Å². The molecule has 1 aromatic carbocycles. The van der Waals surface area contributed by atoms with E-state index in [9.17, 15) is 14.9 Å². The topological polar surface area (TPSA) is 83.0 Å². The van der Waals surface area contributed by atoms with E-state index < -0.39 is 4.92 Å². The lowest BCUT2D eigenvalue weighted by Gasteiger charge is -2.14. The Bertz CT molecular complexity index is 1250. The minimum Gasteiger partial charge on any atom is -0.358 e. The number of aromatic nitrogens is 3. The number of aryl methyl sites for hydroxylation is 2. The maximum Gasteiger partial charge on any atom is 0.398 e. The second-order valence-electron chi connectivity index (χ2n) is 6.78. The van der Waals surface area contributed by atoms with E-state index in [1.807, 2.05) is 24.4 Å². The molecular weight excluding hydrogens is 376 g/mol. The summed E-state index contributed by atoms with van der Waals surface area (Å²) in [4.78, 5) is 24.3. The van der Waals surface area contributed by atoms with Gasteiger partial charge >= 0.3 is 5.82 Å². The molecule has 0 aliphatic rings. The van der Waals surface area contributed by atoms with Crippen molar-refractivity contribution in [3.63, 3.8) is 0 Å². The number of benzene rings is 1. The van der Waals surface area contributed by atoms with E-state index in [0.29, 0.717) is 15.8 Å². The summed E-state index contributed by atoms with van der Waals surface area (Å²) in [5.41, 5.74) is 2.47. The van der Waals surface area contributed by atoms with Gasteiger partial charge in [-0.25, -0.2) is 0 Å². The summed E-state index contributed by atoms with van der Waals surface area (Å²) in [5.74, 6) is -0.130. The fourth-order valence-electron chi connectivity index (χ4n) is 3.43. The summed E-state index contributed by atoms with van der Waals surface area (Å²) < 4.78 is 3.85. The summed E-state index contributed by atoms with van der Waals surface area (Å²) in [5, 5.41) is 15.9. The Balaban J connectivity index is 1.96. The van der Waals surface area contributed by atoms with Gasteiger partial charge in [0.15, 0.2) is 0 Å². The maximum atomic E-state index is 12.7. The van der Waals surface area contributed by atoms with Gasteiger partial charge in [-0.1, -0.05) is 37.3 Å². The van der Waals surface area contributed by atoms with Gasteiger partial charge in [0.25, 0.3) is 5.56 Å². The van der Waals surface area contributed by atoms with Crippen LogP contribution in [0.25, 0.3) is 20.5 Å². The molecule has 142 valence electrons. The van der Waals surface area contributed by atoms with Crippen molar-refractivity contribution in [1.82, 2.24) is 14.3 Å². The van der Waals surface area contributed by atoms with Crippen LogP contribution in [0.15, 0.2) is 53.6 Å². The van der Waals surface area contributed by atoms with Crippen LogP contribution in [0.4, 0.5) is 5.82 Å². The summed E-state index contributed by atoms with van der Waals surface area (Å²) in [7, 11) is 3.37. The molecule has 0 saturated carbocycles. The molecule has 0 spiro atoms. The smallest absolute Gasteiger partial charge is 0.358 e. The minimum atomic E-state index is -0.495. The number of thiophene rings is 1. The lowest BCUT2D eigenvalue weighted by atomic mass is 9.94. The predicted octanol–water partition coefficient (Wildman–Crippen LogP) is 4.06. The van der Waals surface area contributed by atoms with Gasteiger partial charge in [0, 0.05) is 28.7 Å². The highest BCUT2D eigenvalue weighted by atomic mass is 32.1. The number of nitro groups is 1. The highest BCUT2D eigenvalue weighted by molar-refractivity contribution is 7.22. The van der Waals surface area contributed by atoms with Crippen molar-refractivity contribution in [3.8, 4) is 10.4 Å². The molecule has 0 saturated heterocycles. The quantitative estimate of drug-likeness (QED) is 0.386. The molecule has 1 atom stereocenters. The van der Waals surface area contributed by atoms with E-state index in [-0.39, 0.29) is 17.3 Å². The van der Waals surface area contributed by atoms with Crippen molar-refractivity contribution in [3.05, 3.63) is 80.4 Å². The van der Waals surface area contributed by atoms with Crippen molar-refractivity contribution < 1.29 is 4.92 Å². The summed E-state index contributed by atoms with van der Waals surface area (Å²) >= 11 is 1.40. The Hall–Kier alpha value is -3.26. The largest absolute Gasteiger partial charge is 0.398 e. The molecular formula is C20H18N4O3S. The van der Waals surface area contributed by atoms with Crippen molar-refractivity contribution in [2.75, 3.05) is 0 Å². The molecule has 3 heterocycles. The lowest BCUT2D eigenvalue weighted by Crippen LogP contribution is -2.17. The third kappa shape index (κ3) is 2.91. The molecule has 0 aliphatic heterocycles. The molecule has 0 N–H and O–H groups in total. The van der Waals surface area contributed by atoms with Gasteiger partial charge in [-0.15, -0.1) is 11.3 Å². The first-order valence-electron chi connectivity index (χ1n) is 8.73. The second-order valence-corrected chi connectivity index (χ2v) is 7.84. The molecule has 3 aromatic heterocycles. The van der Waals surface area contributed by atoms with E-state index in [1.54, 1.807) is 30.9 Å². The molecule has 1 unspecified atom stereocenters. The fourth-order valence-corrected chi connectivity index (χ4v) is 4.68. The first-order valence-corrected chi connectivity index (χ1v) is 9.55. The Morgan fingerprint density at radius 1 is 1.18 bits per heavy atom. The minimum absolute atomic E-state index is 0.0749. The molecule has 7 nitrogen and oxygen atoms in total. The monoisotopic (exact) mass is 394 g/mol. The summed E-state index contributed by atoms with van der Waals surface area (Å²) in [6, 6.07) is 11.8. The zero-order valence-electron chi connectivity index (χ0n) is 15.6. The zero-order valence-corrected chi connectivity index (χ0v) is 16.4. The van der Waals surface area contributed by atoms with Crippen LogP contribution in [-0.2, 0) is 14.1 Å². The SMILES string of the molecule is CC(c1ccccc1)c1cn(C)c(=O)c2cc(-c3cn(C)nc3[N+](=O)[O-])sc12. The van der Waals surface area contributed by atoms with Crippen LogP contribution in [0.1, 0.15) is 24.0 Å². The Labute approximate surface area is 164 Å². The summed E-state index contributed by atoms with van der Waals surface area (Å²) in [6.07, 6.45) is 3.48. The first-order chi connectivity index (χ1) is 13.4. The number of fused-ring (bicyclic) bond motifs is 1. The lowest BCUT2D eigenvalue weighted by molar-refractivity contribution is -0.389. The third-order valence-electron chi connectivity index (χ3n) is 4.89. The van der Waals surface area contributed by atoms with E-state index in [2.05, 4.69) is 24.2 Å². The predicted molar refractivity (Wildman–Crippen MR) is 110 cm³/mol. The second kappa shape index (κ2) is 6.72. The van der Waals surface area contributed by atoms with Crippen LogP contribution < -0.4 is 5.56 Å². The number of pyridine rings is 1. The Kier molecular flexibility index (Phi) is 4.35. The number of hydrogen-bond donors (Lipinski definition) is 0. The highest BCUT2D eigenvalue weighted by Crippen LogP contribution is 2.40. The van der Waals surface area contributed by atoms with Crippen LogP contribution in [0.5, 0.6) is 0 Å². The van der Waals surface area contributed by atoms with E-state index >= 15 is 0 Å². The first kappa shape index (κ1) is 18.1. The standard InChI is InChI=1S/C20H18N4O3S/c1-12(13-7-5-4-6-8-13)15-10-22(2)20(25)14-9-17(28-18(14)15)16-11-23(3)21-19(16)24(26)27/h4-12H,1-3H3. The van der Waals surface area contributed by atoms with Crippen LogP contribution >= 0.6 is 11.3 Å². The normalized spacial score (nSPS) is 12.4. The van der Waals surface area contributed by atoms with Crippen LogP contribution in [0.2, 0.25) is 0 Å². The van der Waals surface area contributed by atoms with Crippen molar-refractivity contribution >= 4 is 27.2 Å². The van der Waals surface area contributed by atoms with Gasteiger partial charge in [-0.2, -0.15) is 4.68 Å². The van der Waals surface area contributed by atoms with Gasteiger partial charge in [-0.05, 0) is 22.1 Å². The number of hydrogen-bond acceptors (Lipinski definition) is 5. The van der Waals surface area contributed by atoms with Gasteiger partial charge in [0.1, 0.15) is 5.56 Å². The maximum absolute atomic E-state index is 12.7. The van der Waals surface area contributed by atoms with Crippen LogP contribution in [-0.4, -0.2) is 19.3 Å². The zero-order chi connectivity index (χ0) is 20.0. The van der Waals surface area contributed by atoms with Crippen molar-refractivity contribution in [2.24, 2.45) is 14.1 Å². The number of rotatable bonds is 4. The van der Waals surface area contributed by atoms with Crippen molar-refractivity contribution in [2.45, 2.75) is 12.8 Å². The van der Waals surface area contributed by atoms with Gasteiger partial charge in [0.05, 0.1) is 23.7 Å². The van der Waals surface area contributed by atoms with E-state index in [0.717, 1.165) is 15.8 Å². The third-order valence-corrected chi connectivity index (χ3v) is 6.11. The van der Waals surface area contributed by atoms with Crippen molar-refractivity contribution in [1.29, 1.82) is 0 Å².